The fraction of sp³-hybridized carbons (Fsp3) is 0.316. The molecule has 0 saturated carbocycles. The molecule has 0 aliphatic carbocycles. The third-order valence-corrected chi connectivity index (χ3v) is 5.70. The molecule has 7 nitrogen and oxygen atoms in total. The van der Waals surface area contributed by atoms with Crippen molar-refractivity contribution in [2.75, 3.05) is 12.4 Å². The van der Waals surface area contributed by atoms with Crippen LogP contribution in [-0.4, -0.2) is 41.0 Å². The van der Waals surface area contributed by atoms with Crippen molar-refractivity contribution >= 4 is 9.84 Å². The predicted octanol–water partition coefficient (Wildman–Crippen LogP) is 2.68. The Morgan fingerprint density at radius 3 is 2.41 bits per heavy atom. The molecule has 0 aliphatic rings. The standard InChI is InChI=1S/C19H22N4O3S/c1-16(14-26-15-17-8-4-2-5-9-17)12-13-27(24,25)19-20-21-22-23(19)18-10-6-3-7-11-18/h2-11,16H,12-15H2,1H3/t16-/m0/s1. The second-order valence-corrected chi connectivity index (χ2v) is 8.43. The SMILES string of the molecule is C[C@@H](CCS(=O)(=O)c1nnnn1-c1ccccc1)COCc1ccccc1. The van der Waals surface area contributed by atoms with Gasteiger partial charge in [0, 0.05) is 6.61 Å². The Balaban J connectivity index is 1.55. The van der Waals surface area contributed by atoms with Gasteiger partial charge in [0.15, 0.2) is 0 Å². The Morgan fingerprint density at radius 1 is 1.04 bits per heavy atom. The molecule has 3 rings (SSSR count). The molecule has 0 unspecified atom stereocenters. The molecule has 0 bridgehead atoms. The number of sulfone groups is 1. The van der Waals surface area contributed by atoms with Crippen molar-refractivity contribution < 1.29 is 13.2 Å². The normalized spacial score (nSPS) is 12.8. The Kier molecular flexibility index (Phi) is 6.31. The Bertz CT molecular complexity index is 943. The van der Waals surface area contributed by atoms with Crippen LogP contribution < -0.4 is 0 Å². The van der Waals surface area contributed by atoms with E-state index >= 15 is 0 Å². The van der Waals surface area contributed by atoms with Gasteiger partial charge < -0.3 is 4.74 Å². The summed E-state index contributed by atoms with van der Waals surface area (Å²) in [5.41, 5.74) is 1.71. The van der Waals surface area contributed by atoms with E-state index in [0.717, 1.165) is 5.56 Å². The molecule has 142 valence electrons. The van der Waals surface area contributed by atoms with Gasteiger partial charge in [0.2, 0.25) is 9.84 Å². The minimum atomic E-state index is -3.60. The van der Waals surface area contributed by atoms with Gasteiger partial charge in [-0.25, -0.2) is 8.42 Å². The maximum atomic E-state index is 12.7. The van der Waals surface area contributed by atoms with Gasteiger partial charge in [-0.05, 0) is 40.5 Å². The summed E-state index contributed by atoms with van der Waals surface area (Å²) in [5.74, 6) is 0.0698. The molecular formula is C19H22N4O3S. The molecule has 1 atom stereocenters. The first kappa shape index (κ1) is 19.2. The molecule has 2 aromatic carbocycles. The van der Waals surface area contributed by atoms with Crippen LogP contribution in [0.2, 0.25) is 0 Å². The van der Waals surface area contributed by atoms with Crippen LogP contribution >= 0.6 is 0 Å². The van der Waals surface area contributed by atoms with Crippen molar-refractivity contribution in [2.45, 2.75) is 25.1 Å². The van der Waals surface area contributed by atoms with Crippen molar-refractivity contribution in [3.63, 3.8) is 0 Å². The highest BCUT2D eigenvalue weighted by molar-refractivity contribution is 7.91. The van der Waals surface area contributed by atoms with E-state index < -0.39 is 9.84 Å². The van der Waals surface area contributed by atoms with Crippen molar-refractivity contribution in [3.05, 3.63) is 66.2 Å². The fourth-order valence-electron chi connectivity index (χ4n) is 2.59. The minimum Gasteiger partial charge on any atom is -0.376 e. The molecule has 0 N–H and O–H groups in total. The summed E-state index contributed by atoms with van der Waals surface area (Å²) in [6.07, 6.45) is 0.471. The first-order valence-corrected chi connectivity index (χ1v) is 10.4. The van der Waals surface area contributed by atoms with Crippen molar-refractivity contribution in [1.29, 1.82) is 0 Å². The summed E-state index contributed by atoms with van der Waals surface area (Å²) in [5, 5.41) is 10.9. The molecule has 0 fully saturated rings. The highest BCUT2D eigenvalue weighted by Gasteiger charge is 2.24. The molecule has 0 spiro atoms. The summed E-state index contributed by atoms with van der Waals surface area (Å²) in [7, 11) is -3.60. The topological polar surface area (TPSA) is 87.0 Å². The first-order chi connectivity index (χ1) is 13.1. The predicted molar refractivity (Wildman–Crippen MR) is 101 cm³/mol. The zero-order chi connectivity index (χ0) is 19.1. The van der Waals surface area contributed by atoms with Crippen LogP contribution in [0.15, 0.2) is 65.8 Å². The smallest absolute Gasteiger partial charge is 0.272 e. The third kappa shape index (κ3) is 5.21. The molecule has 27 heavy (non-hydrogen) atoms. The molecule has 0 aliphatic heterocycles. The number of benzene rings is 2. The number of tetrazole rings is 1. The van der Waals surface area contributed by atoms with Gasteiger partial charge in [0.05, 0.1) is 18.0 Å². The lowest BCUT2D eigenvalue weighted by Crippen LogP contribution is -2.17. The average Bonchev–Trinajstić information content (AvgIpc) is 3.19. The van der Waals surface area contributed by atoms with Crippen LogP contribution in [0.25, 0.3) is 5.69 Å². The highest BCUT2D eigenvalue weighted by Crippen LogP contribution is 2.16. The van der Waals surface area contributed by atoms with E-state index in [1.54, 1.807) is 24.3 Å². The summed E-state index contributed by atoms with van der Waals surface area (Å²) < 4.78 is 32.3. The van der Waals surface area contributed by atoms with Crippen molar-refractivity contribution in [2.24, 2.45) is 5.92 Å². The molecule has 8 heteroatoms. The Hall–Kier alpha value is -2.58. The number of rotatable bonds is 9. The third-order valence-electron chi connectivity index (χ3n) is 4.11. The van der Waals surface area contributed by atoms with Gasteiger partial charge in [-0.3, -0.25) is 0 Å². The number of hydrogen-bond donors (Lipinski definition) is 0. The second kappa shape index (κ2) is 8.88. The minimum absolute atomic E-state index is 0.0317. The molecule has 1 heterocycles. The summed E-state index contributed by atoms with van der Waals surface area (Å²) in [6.45, 7) is 2.99. The lowest BCUT2D eigenvalue weighted by Gasteiger charge is -2.12. The fourth-order valence-corrected chi connectivity index (χ4v) is 4.05. The van der Waals surface area contributed by atoms with Gasteiger partial charge in [-0.2, -0.15) is 4.68 Å². The van der Waals surface area contributed by atoms with E-state index in [1.807, 2.05) is 43.3 Å². The molecule has 3 aromatic rings. The molecule has 0 saturated heterocycles. The first-order valence-electron chi connectivity index (χ1n) is 8.74. The number of para-hydroxylation sites is 1. The van der Waals surface area contributed by atoms with E-state index in [4.69, 9.17) is 4.74 Å². The van der Waals surface area contributed by atoms with E-state index in [0.29, 0.717) is 25.3 Å². The summed E-state index contributed by atoms with van der Waals surface area (Å²) >= 11 is 0. The maximum absolute atomic E-state index is 12.7. The molecular weight excluding hydrogens is 364 g/mol. The van der Waals surface area contributed by atoms with Crippen LogP contribution in [0.3, 0.4) is 0 Å². The number of aromatic nitrogens is 4. The zero-order valence-corrected chi connectivity index (χ0v) is 15.9. The van der Waals surface area contributed by atoms with Crippen molar-refractivity contribution in [1.82, 2.24) is 20.2 Å². The number of ether oxygens (including phenoxy) is 1. The zero-order valence-electron chi connectivity index (χ0n) is 15.1. The largest absolute Gasteiger partial charge is 0.376 e. The van der Waals surface area contributed by atoms with Gasteiger partial charge in [0.25, 0.3) is 5.16 Å². The van der Waals surface area contributed by atoms with Crippen LogP contribution in [0.4, 0.5) is 0 Å². The Morgan fingerprint density at radius 2 is 1.70 bits per heavy atom. The molecule has 0 amide bonds. The van der Waals surface area contributed by atoms with Crippen LogP contribution in [0.5, 0.6) is 0 Å². The number of nitrogens with zero attached hydrogens (tertiary/aromatic N) is 4. The van der Waals surface area contributed by atoms with Gasteiger partial charge >= 0.3 is 0 Å². The second-order valence-electron chi connectivity index (χ2n) is 6.42. The van der Waals surface area contributed by atoms with Crippen LogP contribution in [0.1, 0.15) is 18.9 Å². The van der Waals surface area contributed by atoms with Crippen LogP contribution in [0, 0.1) is 5.92 Å². The monoisotopic (exact) mass is 386 g/mol. The quantitative estimate of drug-likeness (QED) is 0.562. The van der Waals surface area contributed by atoms with E-state index in [9.17, 15) is 8.42 Å². The highest BCUT2D eigenvalue weighted by atomic mass is 32.2. The lowest BCUT2D eigenvalue weighted by atomic mass is 10.1. The van der Waals surface area contributed by atoms with E-state index in [-0.39, 0.29) is 16.8 Å². The molecule has 0 radical (unpaired) electrons. The van der Waals surface area contributed by atoms with Crippen LogP contribution in [-0.2, 0) is 21.2 Å². The van der Waals surface area contributed by atoms with Crippen molar-refractivity contribution in [3.8, 4) is 5.69 Å². The van der Waals surface area contributed by atoms with E-state index in [1.165, 1.54) is 4.68 Å². The lowest BCUT2D eigenvalue weighted by molar-refractivity contribution is 0.0912. The van der Waals surface area contributed by atoms with Gasteiger partial charge in [-0.15, -0.1) is 0 Å². The Labute approximate surface area is 158 Å². The van der Waals surface area contributed by atoms with E-state index in [2.05, 4.69) is 15.5 Å². The number of hydrogen-bond acceptors (Lipinski definition) is 6. The van der Waals surface area contributed by atoms with Gasteiger partial charge in [-0.1, -0.05) is 60.6 Å². The average molecular weight is 386 g/mol. The van der Waals surface area contributed by atoms with Gasteiger partial charge in [0.1, 0.15) is 0 Å². The summed E-state index contributed by atoms with van der Waals surface area (Å²) in [4.78, 5) is 0. The molecule has 1 aromatic heterocycles. The summed E-state index contributed by atoms with van der Waals surface area (Å²) in [6, 6.07) is 18.9. The maximum Gasteiger partial charge on any atom is 0.272 e.